The average Bonchev–Trinajstić information content (AvgIpc) is 3.31. The molecule has 3 heterocycles. The second-order valence-corrected chi connectivity index (χ2v) is 6.92. The van der Waals surface area contributed by atoms with Crippen LogP contribution < -0.4 is 10.9 Å². The second-order valence-electron chi connectivity index (χ2n) is 5.83. The molecule has 0 atom stereocenters. The number of aromatic nitrogens is 4. The van der Waals surface area contributed by atoms with Crippen molar-refractivity contribution in [2.45, 2.75) is 32.2 Å². The van der Waals surface area contributed by atoms with Crippen molar-refractivity contribution < 1.29 is 4.79 Å². The lowest BCUT2D eigenvalue weighted by molar-refractivity contribution is -0.117. The van der Waals surface area contributed by atoms with E-state index < -0.39 is 0 Å². The number of nitrogens with one attached hydrogen (secondary N) is 1. The van der Waals surface area contributed by atoms with E-state index in [-0.39, 0.29) is 24.0 Å². The third-order valence-electron chi connectivity index (χ3n) is 3.93. The van der Waals surface area contributed by atoms with Gasteiger partial charge in [0, 0.05) is 22.7 Å². The van der Waals surface area contributed by atoms with Crippen molar-refractivity contribution in [1.29, 1.82) is 0 Å². The zero-order valence-electron chi connectivity index (χ0n) is 13.0. The van der Waals surface area contributed by atoms with E-state index in [0.29, 0.717) is 10.6 Å². The molecule has 1 amide bonds. The zero-order chi connectivity index (χ0) is 16.7. The van der Waals surface area contributed by atoms with Crippen molar-refractivity contribution >= 4 is 33.3 Å². The van der Waals surface area contributed by atoms with Gasteiger partial charge < -0.3 is 0 Å². The van der Waals surface area contributed by atoms with E-state index in [4.69, 9.17) is 0 Å². The number of carbonyl (C=O) groups is 1. The molecule has 0 aromatic carbocycles. The Hall–Kier alpha value is -2.61. The summed E-state index contributed by atoms with van der Waals surface area (Å²) in [7, 11) is 0. The number of aryl methyl sites for hydroxylation is 1. The fourth-order valence-electron chi connectivity index (χ4n) is 2.58. The first-order valence-corrected chi connectivity index (χ1v) is 8.51. The Morgan fingerprint density at radius 2 is 2.12 bits per heavy atom. The molecule has 1 fully saturated rings. The van der Waals surface area contributed by atoms with Crippen molar-refractivity contribution in [2.24, 2.45) is 0 Å². The summed E-state index contributed by atoms with van der Waals surface area (Å²) in [4.78, 5) is 33.8. The Morgan fingerprint density at radius 3 is 2.83 bits per heavy atom. The molecule has 0 aliphatic heterocycles. The van der Waals surface area contributed by atoms with Crippen molar-refractivity contribution in [3.8, 4) is 0 Å². The van der Waals surface area contributed by atoms with Crippen LogP contribution in [-0.2, 0) is 11.3 Å². The Kier molecular flexibility index (Phi) is 3.61. The molecule has 0 spiro atoms. The van der Waals surface area contributed by atoms with Crippen molar-refractivity contribution in [3.05, 3.63) is 45.5 Å². The topological polar surface area (TPSA) is 89.8 Å². The first kappa shape index (κ1) is 14.9. The SMILES string of the molecule is Cc1nn(CC(=O)Nc2ncccn2)c(=O)c2sc(C3CC3)cc12. The van der Waals surface area contributed by atoms with Crippen molar-refractivity contribution in [3.63, 3.8) is 0 Å². The Bertz CT molecular complexity index is 975. The van der Waals surface area contributed by atoms with Gasteiger partial charge in [0.25, 0.3) is 5.56 Å². The third kappa shape index (κ3) is 2.80. The molecule has 7 nitrogen and oxygen atoms in total. The molecule has 0 bridgehead atoms. The predicted octanol–water partition coefficient (Wildman–Crippen LogP) is 2.07. The van der Waals surface area contributed by atoms with E-state index in [9.17, 15) is 9.59 Å². The number of amides is 1. The number of nitrogens with zero attached hydrogens (tertiary/aromatic N) is 4. The number of rotatable bonds is 4. The smallest absolute Gasteiger partial charge is 0.285 e. The maximum atomic E-state index is 12.6. The predicted molar refractivity (Wildman–Crippen MR) is 91.3 cm³/mol. The molecule has 0 unspecified atom stereocenters. The van der Waals surface area contributed by atoms with Gasteiger partial charge >= 0.3 is 0 Å². The second kappa shape index (κ2) is 5.79. The number of carbonyl (C=O) groups excluding carboxylic acids is 1. The van der Waals surface area contributed by atoms with Gasteiger partial charge in [-0.05, 0) is 37.8 Å². The quantitative estimate of drug-likeness (QED) is 0.784. The number of thiophene rings is 1. The average molecular weight is 341 g/mol. The van der Waals surface area contributed by atoms with Crippen LogP contribution in [0.4, 0.5) is 5.95 Å². The van der Waals surface area contributed by atoms with Gasteiger partial charge in [0.1, 0.15) is 11.2 Å². The van der Waals surface area contributed by atoms with Gasteiger partial charge in [-0.15, -0.1) is 11.3 Å². The van der Waals surface area contributed by atoms with Crippen LogP contribution in [0.5, 0.6) is 0 Å². The summed E-state index contributed by atoms with van der Waals surface area (Å²) in [5.74, 6) is 0.419. The van der Waals surface area contributed by atoms with Crippen LogP contribution in [0.3, 0.4) is 0 Å². The first-order chi connectivity index (χ1) is 11.6. The molecular weight excluding hydrogens is 326 g/mol. The van der Waals surface area contributed by atoms with Crippen LogP contribution in [0.2, 0.25) is 0 Å². The van der Waals surface area contributed by atoms with Gasteiger partial charge in [-0.3, -0.25) is 14.9 Å². The van der Waals surface area contributed by atoms with Gasteiger partial charge in [0.15, 0.2) is 0 Å². The first-order valence-electron chi connectivity index (χ1n) is 7.70. The maximum Gasteiger partial charge on any atom is 0.285 e. The summed E-state index contributed by atoms with van der Waals surface area (Å²) in [6, 6.07) is 3.73. The summed E-state index contributed by atoms with van der Waals surface area (Å²) in [6.45, 7) is 1.70. The Morgan fingerprint density at radius 1 is 1.38 bits per heavy atom. The molecular formula is C16H15N5O2S. The van der Waals surface area contributed by atoms with Crippen LogP contribution in [0, 0.1) is 6.92 Å². The van der Waals surface area contributed by atoms with Gasteiger partial charge in [0.05, 0.1) is 5.69 Å². The zero-order valence-corrected chi connectivity index (χ0v) is 13.8. The molecule has 1 N–H and O–H groups in total. The summed E-state index contributed by atoms with van der Waals surface area (Å²) >= 11 is 1.52. The van der Waals surface area contributed by atoms with E-state index in [1.807, 2.05) is 6.92 Å². The molecule has 8 heteroatoms. The van der Waals surface area contributed by atoms with Crippen LogP contribution in [0.1, 0.15) is 29.3 Å². The van der Waals surface area contributed by atoms with Gasteiger partial charge in [0.2, 0.25) is 11.9 Å². The van der Waals surface area contributed by atoms with Crippen molar-refractivity contribution in [1.82, 2.24) is 19.7 Å². The van der Waals surface area contributed by atoms with Crippen LogP contribution >= 0.6 is 11.3 Å². The molecule has 1 aliphatic carbocycles. The fraction of sp³-hybridized carbons (Fsp3) is 0.312. The van der Waals surface area contributed by atoms with E-state index >= 15 is 0 Å². The maximum absolute atomic E-state index is 12.6. The van der Waals surface area contributed by atoms with Gasteiger partial charge in [-0.25, -0.2) is 14.6 Å². The monoisotopic (exact) mass is 341 g/mol. The van der Waals surface area contributed by atoms with E-state index in [2.05, 4.69) is 26.4 Å². The van der Waals surface area contributed by atoms with Gasteiger partial charge in [-0.2, -0.15) is 5.10 Å². The highest BCUT2D eigenvalue weighted by atomic mass is 32.1. The molecule has 1 aliphatic rings. The largest absolute Gasteiger partial charge is 0.293 e. The minimum Gasteiger partial charge on any atom is -0.293 e. The molecule has 1 saturated carbocycles. The minimum atomic E-state index is -0.381. The van der Waals surface area contributed by atoms with E-state index in [1.165, 1.54) is 46.1 Å². The summed E-state index contributed by atoms with van der Waals surface area (Å²) in [6.07, 6.45) is 5.45. The molecule has 122 valence electrons. The van der Waals surface area contributed by atoms with Gasteiger partial charge in [-0.1, -0.05) is 0 Å². The van der Waals surface area contributed by atoms with Crippen LogP contribution in [0.15, 0.2) is 29.3 Å². The number of anilines is 1. The highest BCUT2D eigenvalue weighted by molar-refractivity contribution is 7.19. The van der Waals surface area contributed by atoms with Crippen molar-refractivity contribution in [2.75, 3.05) is 5.32 Å². The molecule has 0 saturated heterocycles. The molecule has 3 aromatic rings. The lowest BCUT2D eigenvalue weighted by Gasteiger charge is -2.06. The number of hydrogen-bond donors (Lipinski definition) is 1. The van der Waals surface area contributed by atoms with Crippen LogP contribution in [0.25, 0.3) is 10.1 Å². The highest BCUT2D eigenvalue weighted by Gasteiger charge is 2.26. The standard InChI is InChI=1S/C16H15N5O2S/c1-9-11-7-12(10-3-4-10)24-14(11)15(23)21(20-9)8-13(22)19-16-17-5-2-6-18-16/h2,5-7,10H,3-4,8H2,1H3,(H,17,18,19,22). The minimum absolute atomic E-state index is 0.162. The van der Waals surface area contributed by atoms with Crippen LogP contribution in [-0.4, -0.2) is 25.7 Å². The highest BCUT2D eigenvalue weighted by Crippen LogP contribution is 2.44. The normalized spacial score (nSPS) is 14.0. The van der Waals surface area contributed by atoms with E-state index in [1.54, 1.807) is 6.07 Å². The third-order valence-corrected chi connectivity index (χ3v) is 5.22. The fourth-order valence-corrected chi connectivity index (χ4v) is 3.90. The lowest BCUT2D eigenvalue weighted by atomic mass is 10.2. The number of fused-ring (bicyclic) bond motifs is 1. The molecule has 24 heavy (non-hydrogen) atoms. The molecule has 0 radical (unpaired) electrons. The summed E-state index contributed by atoms with van der Waals surface area (Å²) < 4.78 is 1.89. The Labute approximate surface area is 141 Å². The molecule has 3 aromatic heterocycles. The molecule has 4 rings (SSSR count). The summed E-state index contributed by atoms with van der Waals surface area (Å²) in [5, 5.41) is 7.74. The van der Waals surface area contributed by atoms with E-state index in [0.717, 1.165) is 11.1 Å². The summed E-state index contributed by atoms with van der Waals surface area (Å²) in [5.41, 5.74) is 0.535. The number of hydrogen-bond acceptors (Lipinski definition) is 6. The Balaban J connectivity index is 1.63. The lowest BCUT2D eigenvalue weighted by Crippen LogP contribution is -2.30.